The zero-order chi connectivity index (χ0) is 27.6. The van der Waals surface area contributed by atoms with Gasteiger partial charge in [-0.2, -0.15) is 17.5 Å². The highest BCUT2D eigenvalue weighted by molar-refractivity contribution is 7.89. The summed E-state index contributed by atoms with van der Waals surface area (Å²) in [6, 6.07) is 10.2. The molecule has 2 aliphatic carbocycles. The zero-order valence-corrected chi connectivity index (χ0v) is 22.8. The van der Waals surface area contributed by atoms with Crippen LogP contribution in [0.2, 0.25) is 0 Å². The molecule has 3 aliphatic rings. The molecule has 1 saturated heterocycles. The first-order valence-corrected chi connectivity index (χ1v) is 15.4. The molecule has 0 spiro atoms. The number of alkyl halides is 3. The van der Waals surface area contributed by atoms with E-state index in [1.54, 1.807) is 0 Å². The van der Waals surface area contributed by atoms with E-state index in [1.807, 2.05) is 0 Å². The van der Waals surface area contributed by atoms with Crippen molar-refractivity contribution in [3.8, 4) is 0 Å². The molecule has 1 aliphatic heterocycles. The molecule has 2 fully saturated rings. The zero-order valence-electron chi connectivity index (χ0n) is 22.0. The van der Waals surface area contributed by atoms with Crippen molar-refractivity contribution in [2.75, 3.05) is 6.54 Å². The standard InChI is InChI=1S/C29H36F3N3O3S/c30-29(31,32)22-7-4-11-25(17-22)39(37,38)35-15-2-1-10-24(35)18-28(36)34-27-12-3-6-21-16-20(13-14-26(21)27)19-33-23-8-5-9-23/h4,7,11,13-14,16-17,23-24,27,33H,1-3,5-6,8-10,12,15,18-19H2,(H,34,36)/t24?,27-/m1/s1. The lowest BCUT2D eigenvalue weighted by Gasteiger charge is -2.35. The number of carbonyl (C=O) groups excluding carboxylic acids is 1. The molecule has 2 aromatic carbocycles. The SMILES string of the molecule is O=C(CC1CCCCN1S(=O)(=O)c1cccc(C(F)(F)F)c1)N[C@@H]1CCCc2cc(CNC3CCC3)ccc21. The van der Waals surface area contributed by atoms with Gasteiger partial charge in [0.05, 0.1) is 16.5 Å². The predicted molar refractivity (Wildman–Crippen MR) is 142 cm³/mol. The Morgan fingerprint density at radius 2 is 1.79 bits per heavy atom. The number of aryl methyl sites for hydroxylation is 1. The van der Waals surface area contributed by atoms with Crippen LogP contribution in [-0.2, 0) is 34.0 Å². The van der Waals surface area contributed by atoms with Crippen LogP contribution in [0.4, 0.5) is 13.2 Å². The molecule has 10 heteroatoms. The number of piperidine rings is 1. The summed E-state index contributed by atoms with van der Waals surface area (Å²) in [4.78, 5) is 12.8. The molecule has 5 rings (SSSR count). The maximum absolute atomic E-state index is 13.4. The van der Waals surface area contributed by atoms with Crippen molar-refractivity contribution in [3.05, 3.63) is 64.7 Å². The normalized spacial score (nSPS) is 22.6. The number of nitrogens with one attached hydrogen (secondary N) is 2. The number of hydrogen-bond donors (Lipinski definition) is 2. The Hall–Kier alpha value is -2.43. The van der Waals surface area contributed by atoms with Crippen molar-refractivity contribution < 1.29 is 26.4 Å². The van der Waals surface area contributed by atoms with Gasteiger partial charge in [0.1, 0.15) is 0 Å². The average molecular weight is 564 g/mol. The average Bonchev–Trinajstić information content (AvgIpc) is 2.87. The van der Waals surface area contributed by atoms with Gasteiger partial charge in [-0.3, -0.25) is 4.79 Å². The van der Waals surface area contributed by atoms with Crippen molar-refractivity contribution in [2.24, 2.45) is 0 Å². The summed E-state index contributed by atoms with van der Waals surface area (Å²) in [6.45, 7) is 1.02. The molecule has 1 heterocycles. The van der Waals surface area contributed by atoms with Gasteiger partial charge in [-0.05, 0) is 79.8 Å². The molecule has 6 nitrogen and oxygen atoms in total. The maximum atomic E-state index is 13.4. The summed E-state index contributed by atoms with van der Waals surface area (Å²) < 4.78 is 67.7. The number of carbonyl (C=O) groups is 1. The first kappa shape index (κ1) is 28.1. The number of nitrogens with zero attached hydrogens (tertiary/aromatic N) is 1. The molecule has 212 valence electrons. The van der Waals surface area contributed by atoms with E-state index in [0.29, 0.717) is 24.9 Å². The van der Waals surface area contributed by atoms with Crippen LogP contribution in [0.25, 0.3) is 0 Å². The van der Waals surface area contributed by atoms with E-state index in [9.17, 15) is 26.4 Å². The van der Waals surface area contributed by atoms with Gasteiger partial charge in [0.15, 0.2) is 0 Å². The number of halogens is 3. The van der Waals surface area contributed by atoms with Crippen LogP contribution in [0.1, 0.15) is 86.1 Å². The summed E-state index contributed by atoms with van der Waals surface area (Å²) in [7, 11) is -4.19. The molecule has 0 bridgehead atoms. The number of benzene rings is 2. The Kier molecular flexibility index (Phi) is 8.35. The molecule has 0 aromatic heterocycles. The second kappa shape index (κ2) is 11.6. The molecule has 2 aromatic rings. The molecule has 1 saturated carbocycles. The van der Waals surface area contributed by atoms with E-state index in [4.69, 9.17) is 0 Å². The topological polar surface area (TPSA) is 78.5 Å². The minimum Gasteiger partial charge on any atom is -0.349 e. The van der Waals surface area contributed by atoms with Gasteiger partial charge in [-0.1, -0.05) is 37.1 Å². The second-order valence-corrected chi connectivity index (χ2v) is 12.9. The molecule has 39 heavy (non-hydrogen) atoms. The number of rotatable bonds is 8. The van der Waals surface area contributed by atoms with Crippen LogP contribution >= 0.6 is 0 Å². The lowest BCUT2D eigenvalue weighted by Crippen LogP contribution is -2.46. The van der Waals surface area contributed by atoms with E-state index in [0.717, 1.165) is 49.9 Å². The summed E-state index contributed by atoms with van der Waals surface area (Å²) in [5.41, 5.74) is 2.59. The quantitative estimate of drug-likeness (QED) is 0.446. The molecule has 1 amide bonds. The van der Waals surface area contributed by atoms with Gasteiger partial charge in [0.2, 0.25) is 15.9 Å². The first-order valence-electron chi connectivity index (χ1n) is 13.9. The number of hydrogen-bond acceptors (Lipinski definition) is 4. The van der Waals surface area contributed by atoms with Gasteiger partial charge in [0, 0.05) is 31.6 Å². The third-order valence-corrected chi connectivity index (χ3v) is 10.3. The van der Waals surface area contributed by atoms with Crippen LogP contribution in [0, 0.1) is 0 Å². The highest BCUT2D eigenvalue weighted by atomic mass is 32.2. The molecular weight excluding hydrogens is 527 g/mol. The Labute approximate surface area is 228 Å². The summed E-state index contributed by atoms with van der Waals surface area (Å²) in [5.74, 6) is -0.236. The van der Waals surface area contributed by atoms with E-state index in [1.165, 1.54) is 40.8 Å². The molecule has 0 radical (unpaired) electrons. The van der Waals surface area contributed by atoms with Crippen molar-refractivity contribution in [1.29, 1.82) is 0 Å². The third kappa shape index (κ3) is 6.49. The molecular formula is C29H36F3N3O3S. The molecule has 1 unspecified atom stereocenters. The van der Waals surface area contributed by atoms with Crippen LogP contribution in [0.3, 0.4) is 0 Å². The predicted octanol–water partition coefficient (Wildman–Crippen LogP) is 5.47. The Bertz CT molecular complexity index is 1290. The summed E-state index contributed by atoms with van der Waals surface area (Å²) in [6.07, 6.45) is 3.68. The van der Waals surface area contributed by atoms with E-state index in [-0.39, 0.29) is 24.9 Å². The van der Waals surface area contributed by atoms with Crippen LogP contribution < -0.4 is 10.6 Å². The summed E-state index contributed by atoms with van der Waals surface area (Å²) >= 11 is 0. The Morgan fingerprint density at radius 3 is 2.54 bits per heavy atom. The second-order valence-electron chi connectivity index (χ2n) is 11.0. The van der Waals surface area contributed by atoms with E-state index in [2.05, 4.69) is 28.8 Å². The first-order chi connectivity index (χ1) is 18.6. The maximum Gasteiger partial charge on any atom is 0.416 e. The van der Waals surface area contributed by atoms with E-state index < -0.39 is 32.7 Å². The minimum absolute atomic E-state index is 0.0204. The number of fused-ring (bicyclic) bond motifs is 1. The fraction of sp³-hybridized carbons (Fsp3) is 0.552. The van der Waals surface area contributed by atoms with Gasteiger partial charge in [-0.15, -0.1) is 0 Å². The highest BCUT2D eigenvalue weighted by Crippen LogP contribution is 2.34. The minimum atomic E-state index is -4.64. The lowest BCUT2D eigenvalue weighted by atomic mass is 9.86. The Balaban J connectivity index is 1.25. The van der Waals surface area contributed by atoms with E-state index >= 15 is 0 Å². The van der Waals surface area contributed by atoms with Crippen LogP contribution in [-0.4, -0.2) is 37.3 Å². The van der Waals surface area contributed by atoms with Crippen LogP contribution in [0.15, 0.2) is 47.4 Å². The fourth-order valence-corrected chi connectivity index (χ4v) is 7.67. The lowest BCUT2D eigenvalue weighted by molar-refractivity contribution is -0.137. The Morgan fingerprint density at radius 1 is 0.974 bits per heavy atom. The van der Waals surface area contributed by atoms with Crippen molar-refractivity contribution in [2.45, 2.75) is 100.0 Å². The third-order valence-electron chi connectivity index (χ3n) is 8.32. The summed E-state index contributed by atoms with van der Waals surface area (Å²) in [5, 5.41) is 6.72. The van der Waals surface area contributed by atoms with Gasteiger partial charge < -0.3 is 10.6 Å². The monoisotopic (exact) mass is 563 g/mol. The largest absolute Gasteiger partial charge is 0.416 e. The fourth-order valence-electron chi connectivity index (χ4n) is 5.93. The number of amides is 1. The highest BCUT2D eigenvalue weighted by Gasteiger charge is 2.37. The molecule has 2 N–H and O–H groups in total. The van der Waals surface area contributed by atoms with Crippen molar-refractivity contribution in [3.63, 3.8) is 0 Å². The smallest absolute Gasteiger partial charge is 0.349 e. The van der Waals surface area contributed by atoms with Gasteiger partial charge in [-0.25, -0.2) is 8.42 Å². The van der Waals surface area contributed by atoms with Crippen LogP contribution in [0.5, 0.6) is 0 Å². The van der Waals surface area contributed by atoms with Gasteiger partial charge >= 0.3 is 6.18 Å². The van der Waals surface area contributed by atoms with Gasteiger partial charge in [0.25, 0.3) is 0 Å². The number of sulfonamides is 1. The molecule has 2 atom stereocenters. The van der Waals surface area contributed by atoms with Crippen molar-refractivity contribution >= 4 is 15.9 Å². The van der Waals surface area contributed by atoms with Crippen molar-refractivity contribution in [1.82, 2.24) is 14.9 Å².